The van der Waals surface area contributed by atoms with Gasteiger partial charge >= 0.3 is 6.09 Å². The van der Waals surface area contributed by atoms with E-state index in [0.29, 0.717) is 6.54 Å². The lowest BCUT2D eigenvalue weighted by Crippen LogP contribution is -2.47. The summed E-state index contributed by atoms with van der Waals surface area (Å²) in [6.07, 6.45) is 9.10. The maximum atomic E-state index is 14.2. The average molecular weight is 413 g/mol. The van der Waals surface area contributed by atoms with Crippen LogP contribution in [0, 0.1) is 23.6 Å². The van der Waals surface area contributed by atoms with Crippen LogP contribution in [-0.2, 0) is 10.2 Å². The maximum Gasteiger partial charge on any atom is 0.414 e. The Bertz CT molecular complexity index is 866. The van der Waals surface area contributed by atoms with Crippen LogP contribution in [0.15, 0.2) is 30.4 Å². The summed E-state index contributed by atoms with van der Waals surface area (Å²) in [5, 5.41) is 0. The number of likely N-dealkylation sites (tertiary alicyclic amines) is 1. The smallest absolute Gasteiger partial charge is 0.414 e. The van der Waals surface area contributed by atoms with Gasteiger partial charge in [-0.05, 0) is 101 Å². The number of benzene rings is 1. The molecule has 0 N–H and O–H groups in total. The van der Waals surface area contributed by atoms with Crippen molar-refractivity contribution in [2.45, 2.75) is 57.5 Å². The van der Waals surface area contributed by atoms with Crippen molar-refractivity contribution in [2.75, 3.05) is 31.1 Å². The SMILES string of the molecule is CC(C)(C)OC(=O)N1CC2(CCN(C[C@@H]3C[C@@H]4C=C[C@H]3C4)CC2)c2cc(F)ccc21. The molecule has 1 spiro atoms. The van der Waals surface area contributed by atoms with Gasteiger partial charge in [0, 0.05) is 18.5 Å². The highest BCUT2D eigenvalue weighted by atomic mass is 19.1. The van der Waals surface area contributed by atoms with E-state index in [0.717, 1.165) is 54.9 Å². The number of amides is 1. The van der Waals surface area contributed by atoms with E-state index < -0.39 is 5.60 Å². The van der Waals surface area contributed by atoms with E-state index in [2.05, 4.69) is 17.1 Å². The molecular weight excluding hydrogens is 379 g/mol. The molecule has 4 aliphatic rings. The van der Waals surface area contributed by atoms with Gasteiger partial charge < -0.3 is 9.64 Å². The van der Waals surface area contributed by atoms with Crippen LogP contribution in [0.4, 0.5) is 14.9 Å². The monoisotopic (exact) mass is 412 g/mol. The van der Waals surface area contributed by atoms with Crippen molar-refractivity contribution in [3.05, 3.63) is 41.7 Å². The molecule has 3 atom stereocenters. The molecule has 2 heterocycles. The van der Waals surface area contributed by atoms with Crippen molar-refractivity contribution >= 4 is 11.8 Å². The number of halogens is 1. The summed E-state index contributed by atoms with van der Waals surface area (Å²) in [5.41, 5.74) is 1.08. The van der Waals surface area contributed by atoms with Gasteiger partial charge in [-0.3, -0.25) is 4.90 Å². The Labute approximate surface area is 179 Å². The lowest BCUT2D eigenvalue weighted by atomic mass is 9.74. The fourth-order valence-electron chi connectivity index (χ4n) is 6.15. The molecule has 30 heavy (non-hydrogen) atoms. The van der Waals surface area contributed by atoms with E-state index in [1.165, 1.54) is 25.5 Å². The Kier molecular flexibility index (Phi) is 4.73. The number of carbonyl (C=O) groups is 1. The first kappa shape index (κ1) is 20.0. The van der Waals surface area contributed by atoms with Crippen molar-refractivity contribution in [1.29, 1.82) is 0 Å². The third kappa shape index (κ3) is 3.55. The zero-order valence-corrected chi connectivity index (χ0v) is 18.4. The number of nitrogens with zero attached hydrogens (tertiary/aromatic N) is 2. The summed E-state index contributed by atoms with van der Waals surface area (Å²) in [7, 11) is 0. The third-order valence-corrected chi connectivity index (χ3v) is 7.62. The summed E-state index contributed by atoms with van der Waals surface area (Å²) >= 11 is 0. The van der Waals surface area contributed by atoms with E-state index in [1.54, 1.807) is 17.0 Å². The second-order valence-corrected chi connectivity index (χ2v) is 10.8. The predicted molar refractivity (Wildman–Crippen MR) is 116 cm³/mol. The summed E-state index contributed by atoms with van der Waals surface area (Å²) < 4.78 is 19.8. The fraction of sp³-hybridized carbons (Fsp3) is 0.640. The predicted octanol–water partition coefficient (Wildman–Crippen LogP) is 5.13. The van der Waals surface area contributed by atoms with E-state index in [9.17, 15) is 9.18 Å². The Morgan fingerprint density at radius 2 is 1.97 bits per heavy atom. The zero-order chi connectivity index (χ0) is 21.1. The first-order valence-electron chi connectivity index (χ1n) is 11.4. The minimum absolute atomic E-state index is 0.167. The molecule has 1 amide bonds. The molecule has 5 rings (SSSR count). The maximum absolute atomic E-state index is 14.2. The number of hydrogen-bond acceptors (Lipinski definition) is 3. The van der Waals surface area contributed by atoms with Gasteiger partial charge in [0.25, 0.3) is 0 Å². The Balaban J connectivity index is 1.31. The molecule has 0 aromatic heterocycles. The van der Waals surface area contributed by atoms with Crippen LogP contribution in [0.3, 0.4) is 0 Å². The summed E-state index contributed by atoms with van der Waals surface area (Å²) in [6, 6.07) is 4.85. The van der Waals surface area contributed by atoms with E-state index >= 15 is 0 Å². The minimum Gasteiger partial charge on any atom is -0.443 e. The lowest BCUT2D eigenvalue weighted by Gasteiger charge is -2.41. The van der Waals surface area contributed by atoms with E-state index in [1.807, 2.05) is 20.8 Å². The molecule has 0 unspecified atom stereocenters. The number of allylic oxidation sites excluding steroid dienone is 2. The zero-order valence-electron chi connectivity index (χ0n) is 18.4. The molecule has 5 heteroatoms. The number of fused-ring (bicyclic) bond motifs is 4. The highest BCUT2D eigenvalue weighted by Gasteiger charge is 2.48. The molecule has 2 aliphatic carbocycles. The molecule has 1 saturated carbocycles. The van der Waals surface area contributed by atoms with Crippen molar-refractivity contribution < 1.29 is 13.9 Å². The molecule has 0 radical (unpaired) electrons. The van der Waals surface area contributed by atoms with Crippen LogP contribution >= 0.6 is 0 Å². The van der Waals surface area contributed by atoms with Gasteiger partial charge in [0.05, 0.1) is 5.69 Å². The molecule has 2 aliphatic heterocycles. The summed E-state index contributed by atoms with van der Waals surface area (Å²) in [5.74, 6) is 2.15. The first-order valence-corrected chi connectivity index (χ1v) is 11.4. The molecule has 1 saturated heterocycles. The van der Waals surface area contributed by atoms with Gasteiger partial charge in [-0.25, -0.2) is 9.18 Å². The Hall–Kier alpha value is -1.88. The number of ether oxygens (including phenoxy) is 1. The molecule has 162 valence electrons. The van der Waals surface area contributed by atoms with Crippen molar-refractivity contribution in [1.82, 2.24) is 4.90 Å². The summed E-state index contributed by atoms with van der Waals surface area (Å²) in [6.45, 7) is 9.42. The molecule has 1 aromatic carbocycles. The van der Waals surface area contributed by atoms with Gasteiger partial charge in [0.15, 0.2) is 0 Å². The minimum atomic E-state index is -0.550. The second kappa shape index (κ2) is 7.08. The molecule has 4 nitrogen and oxygen atoms in total. The number of piperidine rings is 1. The van der Waals surface area contributed by atoms with Crippen molar-refractivity contribution in [2.24, 2.45) is 17.8 Å². The fourth-order valence-corrected chi connectivity index (χ4v) is 6.15. The Morgan fingerprint density at radius 3 is 2.60 bits per heavy atom. The number of rotatable bonds is 2. The topological polar surface area (TPSA) is 32.8 Å². The Morgan fingerprint density at radius 1 is 1.20 bits per heavy atom. The van der Waals surface area contributed by atoms with Gasteiger partial charge in [0.2, 0.25) is 0 Å². The highest BCUT2D eigenvalue weighted by molar-refractivity contribution is 5.91. The van der Waals surface area contributed by atoms with E-state index in [-0.39, 0.29) is 17.3 Å². The van der Waals surface area contributed by atoms with Crippen LogP contribution in [0.1, 0.15) is 52.0 Å². The molecule has 1 aromatic rings. The van der Waals surface area contributed by atoms with Crippen molar-refractivity contribution in [3.8, 4) is 0 Å². The van der Waals surface area contributed by atoms with Crippen LogP contribution in [0.2, 0.25) is 0 Å². The second-order valence-electron chi connectivity index (χ2n) is 10.8. The van der Waals surface area contributed by atoms with Gasteiger partial charge in [-0.1, -0.05) is 12.2 Å². The normalized spacial score (nSPS) is 29.6. The van der Waals surface area contributed by atoms with Crippen LogP contribution in [-0.4, -0.2) is 42.8 Å². The van der Waals surface area contributed by atoms with Gasteiger partial charge in [0.1, 0.15) is 11.4 Å². The lowest BCUT2D eigenvalue weighted by molar-refractivity contribution is 0.0569. The third-order valence-electron chi connectivity index (χ3n) is 7.62. The van der Waals surface area contributed by atoms with Crippen molar-refractivity contribution in [3.63, 3.8) is 0 Å². The largest absolute Gasteiger partial charge is 0.443 e. The number of hydrogen-bond donors (Lipinski definition) is 0. The average Bonchev–Trinajstić information content (AvgIpc) is 3.36. The number of carbonyl (C=O) groups excluding carboxylic acids is 1. The highest BCUT2D eigenvalue weighted by Crippen LogP contribution is 2.49. The first-order chi connectivity index (χ1) is 14.2. The summed E-state index contributed by atoms with van der Waals surface area (Å²) in [4.78, 5) is 17.2. The van der Waals surface area contributed by atoms with Crippen LogP contribution < -0.4 is 4.90 Å². The van der Waals surface area contributed by atoms with Crippen LogP contribution in [0.25, 0.3) is 0 Å². The molecular formula is C25H33FN2O2. The molecule has 2 fully saturated rings. The molecule has 2 bridgehead atoms. The van der Waals surface area contributed by atoms with E-state index in [4.69, 9.17) is 4.74 Å². The van der Waals surface area contributed by atoms with Crippen LogP contribution in [0.5, 0.6) is 0 Å². The number of anilines is 1. The van der Waals surface area contributed by atoms with Gasteiger partial charge in [-0.2, -0.15) is 0 Å². The van der Waals surface area contributed by atoms with Gasteiger partial charge in [-0.15, -0.1) is 0 Å². The standard InChI is InChI=1S/C25H33FN2O2/c1-24(2,3)30-23(29)28-16-25(21-14-20(26)6-7-22(21)28)8-10-27(11-9-25)15-19-13-17-4-5-18(19)12-17/h4-7,14,17-19H,8-13,15-16H2,1-3H3/t17-,18+,19+/m1/s1. The quantitative estimate of drug-likeness (QED) is 0.632.